The van der Waals surface area contributed by atoms with Gasteiger partial charge in [-0.2, -0.15) is 0 Å². The Balaban J connectivity index is 1.93. The van der Waals surface area contributed by atoms with E-state index in [9.17, 15) is 0 Å². The highest BCUT2D eigenvalue weighted by Crippen LogP contribution is 2.15. The minimum Gasteiger partial charge on any atom is -0.453 e. The number of hydrogen-bond acceptors (Lipinski definition) is 3. The summed E-state index contributed by atoms with van der Waals surface area (Å²) >= 11 is 3.32. The van der Waals surface area contributed by atoms with E-state index in [4.69, 9.17) is 4.42 Å². The first kappa shape index (κ1) is 16.3. The van der Waals surface area contributed by atoms with E-state index >= 15 is 0 Å². The van der Waals surface area contributed by atoms with Gasteiger partial charge in [0.05, 0.1) is 6.54 Å². The van der Waals surface area contributed by atoms with Crippen molar-refractivity contribution < 1.29 is 4.42 Å². The summed E-state index contributed by atoms with van der Waals surface area (Å²) < 4.78 is 6.28. The van der Waals surface area contributed by atoms with Crippen molar-refractivity contribution in [3.8, 4) is 0 Å². The lowest BCUT2D eigenvalue weighted by Gasteiger charge is -2.20. The van der Waals surface area contributed by atoms with Crippen LogP contribution in [-0.2, 0) is 19.6 Å². The number of hydrogen-bond donors (Lipinski definition) is 1. The molecule has 0 aliphatic rings. The van der Waals surface area contributed by atoms with E-state index in [2.05, 4.69) is 64.3 Å². The van der Waals surface area contributed by atoms with Gasteiger partial charge in [-0.3, -0.25) is 4.90 Å². The Morgan fingerprint density at radius 3 is 2.33 bits per heavy atom. The predicted molar refractivity (Wildman–Crippen MR) is 90.0 cm³/mol. The van der Waals surface area contributed by atoms with E-state index in [0.717, 1.165) is 43.2 Å². The lowest BCUT2D eigenvalue weighted by molar-refractivity contribution is 0.294. The maximum absolute atomic E-state index is 5.50. The molecule has 114 valence electrons. The first-order valence-electron chi connectivity index (χ1n) is 7.47. The molecule has 0 saturated carbocycles. The number of benzene rings is 1. The number of nitrogens with zero attached hydrogens (tertiary/aromatic N) is 1. The molecule has 0 radical (unpaired) electrons. The van der Waals surface area contributed by atoms with Crippen molar-refractivity contribution >= 4 is 15.9 Å². The highest BCUT2D eigenvalue weighted by Gasteiger charge is 2.06. The van der Waals surface area contributed by atoms with Crippen LogP contribution < -0.4 is 5.32 Å². The van der Waals surface area contributed by atoms with Crippen molar-refractivity contribution in [2.75, 3.05) is 13.1 Å². The van der Waals surface area contributed by atoms with Crippen LogP contribution in [-0.4, -0.2) is 18.0 Å². The van der Waals surface area contributed by atoms with Crippen LogP contribution in [0.2, 0.25) is 0 Å². The van der Waals surface area contributed by atoms with Crippen LogP contribution in [0, 0.1) is 0 Å². The van der Waals surface area contributed by atoms with Crippen LogP contribution in [0.3, 0.4) is 0 Å². The second-order valence-electron chi connectivity index (χ2n) is 5.04. The van der Waals surface area contributed by atoms with E-state index in [1.54, 1.807) is 0 Å². The normalized spacial score (nSPS) is 11.2. The molecule has 0 spiro atoms. The van der Waals surface area contributed by atoms with Gasteiger partial charge in [0.15, 0.2) is 4.67 Å². The SMILES string of the molecule is CCN(CC)Cc1ccccc1CNCc1ccc(Br)o1. The Morgan fingerprint density at radius 2 is 1.71 bits per heavy atom. The van der Waals surface area contributed by atoms with E-state index in [0.29, 0.717) is 0 Å². The van der Waals surface area contributed by atoms with Gasteiger partial charge in [0, 0.05) is 13.1 Å². The van der Waals surface area contributed by atoms with Gasteiger partial charge in [0.25, 0.3) is 0 Å². The Kier molecular flexibility index (Phi) is 6.49. The summed E-state index contributed by atoms with van der Waals surface area (Å²) in [6.45, 7) is 9.19. The standard InChI is InChI=1S/C17H23BrN2O/c1-3-20(4-2)13-15-8-6-5-7-14(15)11-19-12-16-9-10-17(18)21-16/h5-10,19H,3-4,11-13H2,1-2H3. The van der Waals surface area contributed by atoms with E-state index in [1.807, 2.05) is 12.1 Å². The molecule has 0 unspecified atom stereocenters. The molecule has 3 nitrogen and oxygen atoms in total. The van der Waals surface area contributed by atoms with Gasteiger partial charge in [0.2, 0.25) is 0 Å². The fourth-order valence-electron chi connectivity index (χ4n) is 2.34. The van der Waals surface area contributed by atoms with Crippen molar-refractivity contribution in [2.45, 2.75) is 33.5 Å². The molecule has 4 heteroatoms. The van der Waals surface area contributed by atoms with Crippen molar-refractivity contribution in [1.82, 2.24) is 10.2 Å². The molecule has 0 atom stereocenters. The van der Waals surface area contributed by atoms with Gasteiger partial charge in [-0.1, -0.05) is 38.1 Å². The smallest absolute Gasteiger partial charge is 0.169 e. The Morgan fingerprint density at radius 1 is 1.00 bits per heavy atom. The zero-order chi connectivity index (χ0) is 15.1. The van der Waals surface area contributed by atoms with Crippen LogP contribution in [0.15, 0.2) is 45.5 Å². The Bertz CT molecular complexity index is 549. The topological polar surface area (TPSA) is 28.4 Å². The minimum atomic E-state index is 0.741. The van der Waals surface area contributed by atoms with Gasteiger partial charge in [-0.05, 0) is 52.3 Å². The molecule has 1 heterocycles. The third kappa shape index (κ3) is 4.99. The monoisotopic (exact) mass is 350 g/mol. The Labute approximate surface area is 135 Å². The van der Waals surface area contributed by atoms with Gasteiger partial charge in [-0.25, -0.2) is 0 Å². The number of halogens is 1. The van der Waals surface area contributed by atoms with Crippen molar-refractivity contribution in [2.24, 2.45) is 0 Å². The molecule has 0 aliphatic carbocycles. The van der Waals surface area contributed by atoms with Crippen molar-refractivity contribution in [1.29, 1.82) is 0 Å². The van der Waals surface area contributed by atoms with Crippen LogP contribution >= 0.6 is 15.9 Å². The minimum absolute atomic E-state index is 0.741. The highest BCUT2D eigenvalue weighted by molar-refractivity contribution is 9.10. The van der Waals surface area contributed by atoms with Crippen molar-refractivity contribution in [3.05, 3.63) is 58.0 Å². The predicted octanol–water partition coefficient (Wildman–Crippen LogP) is 4.17. The third-order valence-corrected chi connectivity index (χ3v) is 4.08. The van der Waals surface area contributed by atoms with E-state index < -0.39 is 0 Å². The average molecular weight is 351 g/mol. The van der Waals surface area contributed by atoms with Crippen LogP contribution in [0.4, 0.5) is 0 Å². The Hall–Kier alpha value is -1.10. The molecular formula is C17H23BrN2O. The highest BCUT2D eigenvalue weighted by atomic mass is 79.9. The number of nitrogens with one attached hydrogen (secondary N) is 1. The summed E-state index contributed by atoms with van der Waals surface area (Å²) in [5, 5.41) is 3.45. The lowest BCUT2D eigenvalue weighted by atomic mass is 10.1. The summed E-state index contributed by atoms with van der Waals surface area (Å²) in [5.74, 6) is 0.947. The quantitative estimate of drug-likeness (QED) is 0.774. The summed E-state index contributed by atoms with van der Waals surface area (Å²) in [6.07, 6.45) is 0. The van der Waals surface area contributed by atoms with Gasteiger partial charge >= 0.3 is 0 Å². The fourth-order valence-corrected chi connectivity index (χ4v) is 2.68. The van der Waals surface area contributed by atoms with Gasteiger partial charge < -0.3 is 9.73 Å². The zero-order valence-corrected chi connectivity index (χ0v) is 14.3. The van der Waals surface area contributed by atoms with Crippen LogP contribution in [0.25, 0.3) is 0 Å². The second-order valence-corrected chi connectivity index (χ2v) is 5.82. The maximum Gasteiger partial charge on any atom is 0.169 e. The number of rotatable bonds is 8. The van der Waals surface area contributed by atoms with Crippen LogP contribution in [0.5, 0.6) is 0 Å². The molecule has 0 fully saturated rings. The molecule has 0 amide bonds. The molecule has 0 saturated heterocycles. The first-order valence-corrected chi connectivity index (χ1v) is 8.26. The largest absolute Gasteiger partial charge is 0.453 e. The molecule has 1 N–H and O–H groups in total. The number of furan rings is 1. The molecule has 21 heavy (non-hydrogen) atoms. The van der Waals surface area contributed by atoms with Crippen LogP contribution in [0.1, 0.15) is 30.7 Å². The second kappa shape index (κ2) is 8.37. The summed E-state index contributed by atoms with van der Waals surface area (Å²) in [6, 6.07) is 12.5. The van der Waals surface area contributed by atoms with E-state index in [-0.39, 0.29) is 0 Å². The third-order valence-electron chi connectivity index (χ3n) is 3.65. The maximum atomic E-state index is 5.50. The molecule has 1 aromatic carbocycles. The lowest BCUT2D eigenvalue weighted by Crippen LogP contribution is -2.23. The fraction of sp³-hybridized carbons (Fsp3) is 0.412. The summed E-state index contributed by atoms with van der Waals surface area (Å²) in [5.41, 5.74) is 2.75. The van der Waals surface area contributed by atoms with Gasteiger partial charge in [-0.15, -0.1) is 0 Å². The molecule has 0 bridgehead atoms. The first-order chi connectivity index (χ1) is 10.2. The molecule has 0 aliphatic heterocycles. The summed E-state index contributed by atoms with van der Waals surface area (Å²) in [4.78, 5) is 2.43. The average Bonchev–Trinajstić information content (AvgIpc) is 2.91. The molecule has 2 aromatic rings. The van der Waals surface area contributed by atoms with Gasteiger partial charge in [0.1, 0.15) is 5.76 Å². The summed E-state index contributed by atoms with van der Waals surface area (Å²) in [7, 11) is 0. The molecule has 1 aromatic heterocycles. The molecule has 2 rings (SSSR count). The van der Waals surface area contributed by atoms with Crippen molar-refractivity contribution in [3.63, 3.8) is 0 Å². The molecular weight excluding hydrogens is 328 g/mol. The zero-order valence-electron chi connectivity index (χ0n) is 12.7. The van der Waals surface area contributed by atoms with E-state index in [1.165, 1.54) is 11.1 Å².